The maximum absolute atomic E-state index is 5.53. The van der Waals surface area contributed by atoms with Crippen LogP contribution in [0.25, 0.3) is 0 Å². The van der Waals surface area contributed by atoms with E-state index in [0.717, 1.165) is 13.2 Å². The summed E-state index contributed by atoms with van der Waals surface area (Å²) in [7, 11) is 0. The molecule has 0 unspecified atom stereocenters. The Labute approximate surface area is 101 Å². The molecule has 0 atom stereocenters. The Kier molecular flexibility index (Phi) is 19.3. The molecule has 0 N–H and O–H groups in total. The number of ether oxygens (including phenoxy) is 1. The molecule has 84 valence electrons. The quantitative estimate of drug-likeness (QED) is 0.428. The molecule has 2 heteroatoms. The Bertz CT molecular complexity index is 76.4. The van der Waals surface area contributed by atoms with Crippen molar-refractivity contribution in [3.05, 3.63) is 0 Å². The second-order valence-corrected chi connectivity index (χ2v) is 3.73. The Balaban J connectivity index is 0. The summed E-state index contributed by atoms with van der Waals surface area (Å²) in [5.41, 5.74) is 0. The van der Waals surface area contributed by atoms with E-state index < -0.39 is 0 Å². The van der Waals surface area contributed by atoms with Gasteiger partial charge >= 0.3 is 0 Å². The third kappa shape index (κ3) is 15.0. The summed E-state index contributed by atoms with van der Waals surface area (Å²) in [4.78, 5) is 0. The SMILES string of the molecule is CCCCCCOCCCCCC.[Ge]. The fourth-order valence-electron chi connectivity index (χ4n) is 1.36. The summed E-state index contributed by atoms with van der Waals surface area (Å²) in [6.07, 6.45) is 10.5. The normalized spacial score (nSPS) is 9.86. The summed E-state index contributed by atoms with van der Waals surface area (Å²) in [5, 5.41) is 0. The van der Waals surface area contributed by atoms with Crippen molar-refractivity contribution in [3.8, 4) is 0 Å². The topological polar surface area (TPSA) is 9.23 Å². The molecule has 0 spiro atoms. The molecule has 0 fully saturated rings. The minimum atomic E-state index is 0. The predicted molar refractivity (Wildman–Crippen MR) is 64.9 cm³/mol. The number of hydrogen-bond acceptors (Lipinski definition) is 1. The van der Waals surface area contributed by atoms with Crippen molar-refractivity contribution in [1.29, 1.82) is 0 Å². The molecule has 0 rings (SSSR count). The van der Waals surface area contributed by atoms with Gasteiger partial charge in [0.05, 0.1) is 0 Å². The van der Waals surface area contributed by atoms with Crippen LogP contribution >= 0.6 is 0 Å². The van der Waals surface area contributed by atoms with Crippen LogP contribution < -0.4 is 0 Å². The van der Waals surface area contributed by atoms with Gasteiger partial charge in [0.2, 0.25) is 0 Å². The van der Waals surface area contributed by atoms with E-state index in [1.165, 1.54) is 51.4 Å². The molecule has 0 saturated carbocycles. The minimum absolute atomic E-state index is 0. The summed E-state index contributed by atoms with van der Waals surface area (Å²) >= 11 is 0. The first-order valence-electron chi connectivity index (χ1n) is 5.99. The second kappa shape index (κ2) is 16.0. The van der Waals surface area contributed by atoms with Crippen LogP contribution in [0.3, 0.4) is 0 Å². The van der Waals surface area contributed by atoms with Crippen LogP contribution in [0.2, 0.25) is 0 Å². The molecular weight excluding hydrogens is 233 g/mol. The molecule has 0 aliphatic heterocycles. The molecule has 14 heavy (non-hydrogen) atoms. The van der Waals surface area contributed by atoms with Crippen molar-refractivity contribution in [3.63, 3.8) is 0 Å². The minimum Gasteiger partial charge on any atom is -0.381 e. The fourth-order valence-corrected chi connectivity index (χ4v) is 1.36. The Morgan fingerprint density at radius 1 is 0.643 bits per heavy atom. The van der Waals surface area contributed by atoms with Crippen LogP contribution in [0, 0.1) is 0 Å². The standard InChI is InChI=1S/C12H26O.Ge/c1-3-5-7-9-11-13-12-10-8-6-4-2;/h3-12H2,1-2H3;. The van der Waals surface area contributed by atoms with E-state index in [9.17, 15) is 0 Å². The van der Waals surface area contributed by atoms with Gasteiger partial charge in [0.15, 0.2) is 0 Å². The van der Waals surface area contributed by atoms with Crippen molar-refractivity contribution in [2.24, 2.45) is 0 Å². The molecule has 0 aliphatic rings. The zero-order valence-electron chi connectivity index (χ0n) is 9.98. The maximum atomic E-state index is 5.53. The largest absolute Gasteiger partial charge is 0.381 e. The number of hydrogen-bond donors (Lipinski definition) is 0. The first kappa shape index (κ1) is 16.9. The van der Waals surface area contributed by atoms with Crippen LogP contribution in [-0.4, -0.2) is 30.8 Å². The van der Waals surface area contributed by atoms with Crippen molar-refractivity contribution in [2.75, 3.05) is 13.2 Å². The van der Waals surface area contributed by atoms with Crippen LogP contribution in [-0.2, 0) is 4.74 Å². The molecule has 4 radical (unpaired) electrons. The van der Waals surface area contributed by atoms with Crippen molar-refractivity contribution in [2.45, 2.75) is 65.2 Å². The Morgan fingerprint density at radius 2 is 1.07 bits per heavy atom. The van der Waals surface area contributed by atoms with E-state index in [-0.39, 0.29) is 17.6 Å². The Morgan fingerprint density at radius 3 is 1.43 bits per heavy atom. The van der Waals surface area contributed by atoms with Gasteiger partial charge in [-0.15, -0.1) is 0 Å². The Hall–Kier alpha value is 0.503. The van der Waals surface area contributed by atoms with Crippen LogP contribution in [0.1, 0.15) is 65.2 Å². The zero-order valence-corrected chi connectivity index (χ0v) is 12.1. The van der Waals surface area contributed by atoms with Crippen molar-refractivity contribution >= 4 is 17.6 Å². The molecule has 0 aromatic carbocycles. The van der Waals surface area contributed by atoms with Gasteiger partial charge in [0.1, 0.15) is 0 Å². The smallest absolute Gasteiger partial charge is 0.0466 e. The second-order valence-electron chi connectivity index (χ2n) is 3.73. The molecule has 0 saturated heterocycles. The number of rotatable bonds is 10. The molecule has 0 aliphatic carbocycles. The monoisotopic (exact) mass is 260 g/mol. The van der Waals surface area contributed by atoms with E-state index in [2.05, 4.69) is 13.8 Å². The van der Waals surface area contributed by atoms with Crippen LogP contribution in [0.5, 0.6) is 0 Å². The van der Waals surface area contributed by atoms with Gasteiger partial charge in [0, 0.05) is 30.8 Å². The summed E-state index contributed by atoms with van der Waals surface area (Å²) in [6, 6.07) is 0. The van der Waals surface area contributed by atoms with E-state index in [1.54, 1.807) is 0 Å². The van der Waals surface area contributed by atoms with Gasteiger partial charge in [0.25, 0.3) is 0 Å². The molecule has 1 nitrogen and oxygen atoms in total. The molecular formula is C12H26GeO. The van der Waals surface area contributed by atoms with Gasteiger partial charge in [-0.25, -0.2) is 0 Å². The van der Waals surface area contributed by atoms with Crippen molar-refractivity contribution in [1.82, 2.24) is 0 Å². The van der Waals surface area contributed by atoms with Crippen LogP contribution in [0.4, 0.5) is 0 Å². The molecule has 0 aromatic heterocycles. The van der Waals surface area contributed by atoms with Gasteiger partial charge in [-0.3, -0.25) is 0 Å². The summed E-state index contributed by atoms with van der Waals surface area (Å²) in [5.74, 6) is 0. The average molecular weight is 259 g/mol. The molecule has 0 heterocycles. The first-order valence-corrected chi connectivity index (χ1v) is 5.99. The van der Waals surface area contributed by atoms with Gasteiger partial charge in [-0.2, -0.15) is 0 Å². The van der Waals surface area contributed by atoms with E-state index in [4.69, 9.17) is 4.74 Å². The van der Waals surface area contributed by atoms with Crippen molar-refractivity contribution < 1.29 is 4.74 Å². The van der Waals surface area contributed by atoms with E-state index >= 15 is 0 Å². The summed E-state index contributed by atoms with van der Waals surface area (Å²) < 4.78 is 5.53. The fraction of sp³-hybridized carbons (Fsp3) is 1.00. The maximum Gasteiger partial charge on any atom is 0.0466 e. The third-order valence-corrected chi connectivity index (χ3v) is 2.28. The molecule has 0 bridgehead atoms. The average Bonchev–Trinajstić information content (AvgIpc) is 2.16. The van der Waals surface area contributed by atoms with Gasteiger partial charge in [-0.1, -0.05) is 52.4 Å². The third-order valence-electron chi connectivity index (χ3n) is 2.28. The summed E-state index contributed by atoms with van der Waals surface area (Å²) in [6.45, 7) is 6.44. The first-order chi connectivity index (χ1) is 6.41. The predicted octanol–water partition coefficient (Wildman–Crippen LogP) is 3.78. The van der Waals surface area contributed by atoms with E-state index in [0.29, 0.717) is 0 Å². The number of unbranched alkanes of at least 4 members (excludes halogenated alkanes) is 6. The van der Waals surface area contributed by atoms with E-state index in [1.807, 2.05) is 0 Å². The van der Waals surface area contributed by atoms with Gasteiger partial charge < -0.3 is 4.74 Å². The zero-order chi connectivity index (χ0) is 9.78. The van der Waals surface area contributed by atoms with Gasteiger partial charge in [-0.05, 0) is 12.8 Å². The molecule has 0 amide bonds. The van der Waals surface area contributed by atoms with Crippen LogP contribution in [0.15, 0.2) is 0 Å². The molecule has 0 aromatic rings.